The van der Waals surface area contributed by atoms with Crippen LogP contribution < -0.4 is 4.90 Å². The second-order valence-electron chi connectivity index (χ2n) is 7.70. The zero-order chi connectivity index (χ0) is 19.3. The Labute approximate surface area is 152 Å². The molecule has 142 valence electrons. The molecule has 0 aromatic carbocycles. The van der Waals surface area contributed by atoms with Crippen molar-refractivity contribution >= 4 is 18.2 Å². The Morgan fingerprint density at radius 3 is 2.50 bits per heavy atom. The number of carbonyl (C=O) groups excluding carboxylic acids is 2. The molecule has 0 atom stereocenters. The van der Waals surface area contributed by atoms with E-state index >= 15 is 0 Å². The van der Waals surface area contributed by atoms with E-state index in [1.165, 1.54) is 19.1 Å². The average molecular weight is 364 g/mol. The predicted octanol–water partition coefficient (Wildman–Crippen LogP) is 2.29. The molecule has 1 aliphatic carbocycles. The van der Waals surface area contributed by atoms with Crippen molar-refractivity contribution in [3.63, 3.8) is 0 Å². The van der Waals surface area contributed by atoms with E-state index in [0.29, 0.717) is 24.7 Å². The summed E-state index contributed by atoms with van der Waals surface area (Å²) in [5, 5.41) is 10.8. The van der Waals surface area contributed by atoms with Crippen LogP contribution in [0, 0.1) is 0 Å². The summed E-state index contributed by atoms with van der Waals surface area (Å²) in [6.45, 7) is 5.35. The van der Waals surface area contributed by atoms with Gasteiger partial charge in [-0.1, -0.05) is 0 Å². The van der Waals surface area contributed by atoms with Gasteiger partial charge in [0.05, 0.1) is 5.60 Å². The fourth-order valence-electron chi connectivity index (χ4n) is 3.50. The smallest absolute Gasteiger partial charge is 0.416 e. The summed E-state index contributed by atoms with van der Waals surface area (Å²) in [6, 6.07) is 1.36. The predicted molar refractivity (Wildman–Crippen MR) is 92.0 cm³/mol. The summed E-state index contributed by atoms with van der Waals surface area (Å²) >= 11 is 0. The minimum atomic E-state index is -1.09. The van der Waals surface area contributed by atoms with Crippen LogP contribution >= 0.6 is 0 Å². The van der Waals surface area contributed by atoms with Crippen molar-refractivity contribution in [3.05, 3.63) is 22.9 Å². The van der Waals surface area contributed by atoms with Crippen LogP contribution in [0.4, 0.5) is 10.6 Å². The molecule has 1 saturated carbocycles. The zero-order valence-corrected chi connectivity index (χ0v) is 15.6. The fourth-order valence-corrected chi connectivity index (χ4v) is 3.50. The van der Waals surface area contributed by atoms with E-state index in [-0.39, 0.29) is 23.1 Å². The largest absolute Gasteiger partial charge is 0.443 e. The van der Waals surface area contributed by atoms with Gasteiger partial charge in [-0.2, -0.15) is 0 Å². The molecule has 2 aliphatic heterocycles. The Morgan fingerprint density at radius 2 is 2.00 bits per heavy atom. The highest BCUT2D eigenvalue weighted by atomic mass is 16.7. The molecule has 3 heterocycles. The molecule has 8 heteroatoms. The van der Waals surface area contributed by atoms with Crippen molar-refractivity contribution in [2.24, 2.45) is 0 Å². The second kappa shape index (κ2) is 6.29. The molecule has 0 radical (unpaired) electrons. The number of aliphatic hydroxyl groups is 1. The molecule has 0 spiro atoms. The molecule has 4 rings (SSSR count). The number of pyridine rings is 1. The number of aldehydes is 1. The van der Waals surface area contributed by atoms with Gasteiger partial charge in [0, 0.05) is 44.2 Å². The standard InChI is InChI=1S/C18H24N2O6/c1-17(2,3)26-16(22)20-11-7-18(23,8-11)12-6-10(9-21)13(19-14(12)20)15(24-4)25-5/h6,9,11,15,23H,7-8H2,1-5H3. The normalized spacial score (nSPS) is 24.1. The zero-order valence-electron chi connectivity index (χ0n) is 15.6. The molecule has 1 amide bonds. The maximum absolute atomic E-state index is 12.7. The van der Waals surface area contributed by atoms with E-state index in [2.05, 4.69) is 4.98 Å². The van der Waals surface area contributed by atoms with E-state index in [1.54, 1.807) is 26.8 Å². The highest BCUT2D eigenvalue weighted by Gasteiger charge is 2.56. The van der Waals surface area contributed by atoms with Crippen LogP contribution in [0.2, 0.25) is 0 Å². The van der Waals surface area contributed by atoms with Gasteiger partial charge in [-0.25, -0.2) is 9.78 Å². The van der Waals surface area contributed by atoms with E-state index in [0.717, 1.165) is 0 Å². The lowest BCUT2D eigenvalue weighted by molar-refractivity contribution is -0.109. The van der Waals surface area contributed by atoms with Gasteiger partial charge in [-0.05, 0) is 26.8 Å². The lowest BCUT2D eigenvalue weighted by Gasteiger charge is -2.54. The summed E-state index contributed by atoms with van der Waals surface area (Å²) in [6.07, 6.45) is 0.00947. The molecule has 0 saturated heterocycles. The van der Waals surface area contributed by atoms with Crippen LogP contribution in [0.5, 0.6) is 0 Å². The third-order valence-corrected chi connectivity index (χ3v) is 4.67. The van der Waals surface area contributed by atoms with Crippen molar-refractivity contribution in [2.75, 3.05) is 19.1 Å². The van der Waals surface area contributed by atoms with Gasteiger partial charge in [0.2, 0.25) is 6.29 Å². The molecule has 3 aliphatic rings. The van der Waals surface area contributed by atoms with Crippen molar-refractivity contribution in [2.45, 2.75) is 57.1 Å². The van der Waals surface area contributed by atoms with Gasteiger partial charge in [-0.15, -0.1) is 0 Å². The van der Waals surface area contributed by atoms with Crippen molar-refractivity contribution in [1.82, 2.24) is 4.98 Å². The quantitative estimate of drug-likeness (QED) is 0.646. The molecule has 1 aromatic rings. The SMILES string of the molecule is COC(OC)c1nc2c(cc1C=O)C1(O)CC(C1)N2C(=O)OC(C)(C)C. The number of anilines is 1. The first-order valence-corrected chi connectivity index (χ1v) is 8.44. The number of aromatic nitrogens is 1. The van der Waals surface area contributed by atoms with E-state index in [1.807, 2.05) is 0 Å². The van der Waals surface area contributed by atoms with Crippen LogP contribution in [0.15, 0.2) is 6.07 Å². The number of amides is 1. The van der Waals surface area contributed by atoms with Gasteiger partial charge < -0.3 is 19.3 Å². The minimum absolute atomic E-state index is 0.201. The number of rotatable bonds is 4. The van der Waals surface area contributed by atoms with Crippen LogP contribution in [-0.4, -0.2) is 48.3 Å². The lowest BCUT2D eigenvalue weighted by Crippen LogP contribution is -2.61. The highest BCUT2D eigenvalue weighted by Crippen LogP contribution is 2.53. The van der Waals surface area contributed by atoms with E-state index < -0.39 is 23.6 Å². The summed E-state index contributed by atoms with van der Waals surface area (Å²) in [4.78, 5) is 30.2. The third-order valence-electron chi connectivity index (χ3n) is 4.67. The third kappa shape index (κ3) is 2.98. The molecule has 1 aromatic heterocycles. The number of hydrogen-bond donors (Lipinski definition) is 1. The van der Waals surface area contributed by atoms with E-state index in [9.17, 15) is 14.7 Å². The number of methoxy groups -OCH3 is 2. The van der Waals surface area contributed by atoms with Gasteiger partial charge in [0.25, 0.3) is 0 Å². The highest BCUT2D eigenvalue weighted by molar-refractivity contribution is 5.91. The van der Waals surface area contributed by atoms with Crippen LogP contribution in [0.25, 0.3) is 0 Å². The molecule has 1 N–H and O–H groups in total. The number of carbonyl (C=O) groups is 2. The molecule has 1 fully saturated rings. The van der Waals surface area contributed by atoms with Gasteiger partial charge in [-0.3, -0.25) is 9.69 Å². The topological polar surface area (TPSA) is 98.2 Å². The van der Waals surface area contributed by atoms with Gasteiger partial charge in [0.1, 0.15) is 17.1 Å². The van der Waals surface area contributed by atoms with Gasteiger partial charge in [0.15, 0.2) is 6.29 Å². The van der Waals surface area contributed by atoms with E-state index in [4.69, 9.17) is 14.2 Å². The molecule has 0 unspecified atom stereocenters. The Hall–Kier alpha value is -2.03. The van der Waals surface area contributed by atoms with Crippen LogP contribution in [0.1, 0.15) is 61.5 Å². The second-order valence-corrected chi connectivity index (χ2v) is 7.70. The fraction of sp³-hybridized carbons (Fsp3) is 0.611. The summed E-state index contributed by atoms with van der Waals surface area (Å²) in [7, 11) is 2.86. The van der Waals surface area contributed by atoms with Crippen molar-refractivity contribution < 1.29 is 28.9 Å². The van der Waals surface area contributed by atoms with Gasteiger partial charge >= 0.3 is 6.09 Å². The summed E-state index contributed by atoms with van der Waals surface area (Å²) in [5.41, 5.74) is -0.801. The average Bonchev–Trinajstić information content (AvgIpc) is 2.52. The van der Waals surface area contributed by atoms with Crippen LogP contribution in [0.3, 0.4) is 0 Å². The maximum Gasteiger partial charge on any atom is 0.416 e. The summed E-state index contributed by atoms with van der Waals surface area (Å²) < 4.78 is 15.9. The van der Waals surface area contributed by atoms with Crippen molar-refractivity contribution in [1.29, 1.82) is 0 Å². The number of hydrogen-bond acceptors (Lipinski definition) is 7. The lowest BCUT2D eigenvalue weighted by atomic mass is 9.67. The molecule has 26 heavy (non-hydrogen) atoms. The Kier molecular flexibility index (Phi) is 4.54. The monoisotopic (exact) mass is 364 g/mol. The molecular weight excluding hydrogens is 340 g/mol. The Morgan fingerprint density at radius 1 is 1.38 bits per heavy atom. The number of ether oxygens (including phenoxy) is 3. The molecular formula is C18H24N2O6. The Balaban J connectivity index is 2.11. The first-order valence-electron chi connectivity index (χ1n) is 8.44. The first-order chi connectivity index (χ1) is 12.1. The summed E-state index contributed by atoms with van der Waals surface area (Å²) in [5.74, 6) is 0.281. The molecule has 2 bridgehead atoms. The Bertz CT molecular complexity index is 732. The maximum atomic E-state index is 12.7. The molecule has 8 nitrogen and oxygen atoms in total. The minimum Gasteiger partial charge on any atom is -0.443 e. The van der Waals surface area contributed by atoms with Crippen molar-refractivity contribution in [3.8, 4) is 0 Å². The van der Waals surface area contributed by atoms with Crippen LogP contribution in [-0.2, 0) is 19.8 Å². The first kappa shape index (κ1) is 18.8. The number of nitrogens with zero attached hydrogens (tertiary/aromatic N) is 2.